The van der Waals surface area contributed by atoms with Crippen molar-refractivity contribution in [3.8, 4) is 22.8 Å². The molecule has 1 atom stereocenters. The highest BCUT2D eigenvalue weighted by molar-refractivity contribution is 9.09. The molecule has 1 heterocycles. The second-order valence-electron chi connectivity index (χ2n) is 6.73. The number of halogens is 3. The van der Waals surface area contributed by atoms with Crippen LogP contribution >= 0.6 is 27.5 Å². The number of alkyl halides is 1. The van der Waals surface area contributed by atoms with Crippen molar-refractivity contribution in [2.45, 2.75) is 30.9 Å². The van der Waals surface area contributed by atoms with Crippen LogP contribution in [0.1, 0.15) is 17.0 Å². The zero-order valence-electron chi connectivity index (χ0n) is 14.9. The second-order valence-corrected chi connectivity index (χ2v) is 13.5. The SMILES string of the molecule is C[Si](C)(C)Oc1c(C(Br)CCN[SH](=O)=O)oc(-c2cc(Cl)ccc2F)c1O. The number of furan rings is 1. The van der Waals surface area contributed by atoms with E-state index in [4.69, 9.17) is 20.4 Å². The standard InChI is InChI=1S/C16H20BrClFNO5SSi/c1-27(2,3)25-16-13(21)14(10-8-9(18)4-5-12(10)19)24-15(16)11(17)6-7-20-26(22)23/h4-5,8,11,21,26H,6-7H2,1-3H3,(H,20,22,23). The average Bonchev–Trinajstić information content (AvgIpc) is 2.85. The predicted octanol–water partition coefficient (Wildman–Crippen LogP) is 4.60. The first-order valence-electron chi connectivity index (χ1n) is 8.01. The Morgan fingerprint density at radius 1 is 1.41 bits per heavy atom. The minimum absolute atomic E-state index is 0.00661. The molecular formula is C16H20BrClFNO5SSi. The van der Waals surface area contributed by atoms with Crippen LogP contribution in [0.4, 0.5) is 4.39 Å². The number of nitrogens with one attached hydrogen (secondary N) is 1. The molecule has 1 aromatic heterocycles. The molecule has 0 saturated heterocycles. The largest absolute Gasteiger partial charge is 0.539 e. The zero-order chi connectivity index (χ0) is 20.4. The summed E-state index contributed by atoms with van der Waals surface area (Å²) in [5.74, 6) is -0.638. The lowest BCUT2D eigenvalue weighted by atomic mass is 10.1. The van der Waals surface area contributed by atoms with Gasteiger partial charge in [-0.3, -0.25) is 0 Å². The van der Waals surface area contributed by atoms with E-state index in [-0.39, 0.29) is 40.2 Å². The maximum atomic E-state index is 14.3. The molecule has 0 bridgehead atoms. The summed E-state index contributed by atoms with van der Waals surface area (Å²) >= 11 is 9.36. The molecule has 0 spiro atoms. The van der Waals surface area contributed by atoms with Crippen LogP contribution in [0.3, 0.4) is 0 Å². The molecule has 11 heteroatoms. The Labute approximate surface area is 173 Å². The molecule has 1 unspecified atom stereocenters. The van der Waals surface area contributed by atoms with Gasteiger partial charge in [0, 0.05) is 11.6 Å². The van der Waals surface area contributed by atoms with E-state index in [1.807, 2.05) is 19.6 Å². The van der Waals surface area contributed by atoms with Crippen LogP contribution in [0.5, 0.6) is 11.5 Å². The van der Waals surface area contributed by atoms with E-state index in [9.17, 15) is 17.9 Å². The number of rotatable bonds is 8. The van der Waals surface area contributed by atoms with Crippen LogP contribution < -0.4 is 9.15 Å². The van der Waals surface area contributed by atoms with Crippen molar-refractivity contribution in [1.29, 1.82) is 0 Å². The summed E-state index contributed by atoms with van der Waals surface area (Å²) in [5, 5.41) is 11.0. The van der Waals surface area contributed by atoms with Crippen LogP contribution in [-0.2, 0) is 10.9 Å². The lowest BCUT2D eigenvalue weighted by molar-refractivity contribution is 0.438. The van der Waals surface area contributed by atoms with Gasteiger partial charge >= 0.3 is 0 Å². The van der Waals surface area contributed by atoms with E-state index in [0.29, 0.717) is 6.42 Å². The summed E-state index contributed by atoms with van der Waals surface area (Å²) < 4.78 is 49.6. The van der Waals surface area contributed by atoms with E-state index in [0.717, 1.165) is 0 Å². The van der Waals surface area contributed by atoms with Crippen molar-refractivity contribution in [2.75, 3.05) is 6.54 Å². The maximum Gasteiger partial charge on any atom is 0.242 e. The molecule has 27 heavy (non-hydrogen) atoms. The third kappa shape index (κ3) is 5.95. The van der Waals surface area contributed by atoms with Gasteiger partial charge in [-0.25, -0.2) is 17.5 Å². The first-order valence-corrected chi connectivity index (χ1v) is 13.9. The van der Waals surface area contributed by atoms with Gasteiger partial charge in [-0.15, -0.1) is 0 Å². The van der Waals surface area contributed by atoms with E-state index in [2.05, 4.69) is 20.7 Å². The van der Waals surface area contributed by atoms with E-state index < -0.39 is 29.9 Å². The quantitative estimate of drug-likeness (QED) is 0.280. The summed E-state index contributed by atoms with van der Waals surface area (Å²) in [5.41, 5.74) is 0.00661. The molecule has 2 N–H and O–H groups in total. The molecule has 2 aromatic rings. The van der Waals surface area contributed by atoms with Crippen molar-refractivity contribution in [2.24, 2.45) is 0 Å². The number of aromatic hydroxyl groups is 1. The van der Waals surface area contributed by atoms with Gasteiger partial charge in [0.25, 0.3) is 0 Å². The predicted molar refractivity (Wildman–Crippen MR) is 109 cm³/mol. The first-order chi connectivity index (χ1) is 12.5. The normalized spacial score (nSPS) is 13.1. The highest BCUT2D eigenvalue weighted by atomic mass is 79.9. The number of thiol groups is 1. The van der Waals surface area contributed by atoms with Crippen LogP contribution in [0.25, 0.3) is 11.3 Å². The molecule has 0 radical (unpaired) electrons. The van der Waals surface area contributed by atoms with Crippen molar-refractivity contribution in [3.05, 3.63) is 34.8 Å². The van der Waals surface area contributed by atoms with Gasteiger partial charge in [0.15, 0.2) is 17.3 Å². The number of hydrogen-bond acceptors (Lipinski definition) is 5. The Morgan fingerprint density at radius 3 is 2.67 bits per heavy atom. The Balaban J connectivity index is 2.49. The fourth-order valence-corrected chi connectivity index (χ4v) is 4.13. The maximum absolute atomic E-state index is 14.3. The number of hydrogen-bond donors (Lipinski definition) is 3. The van der Waals surface area contributed by atoms with E-state index in [1.165, 1.54) is 18.2 Å². The van der Waals surface area contributed by atoms with Crippen LogP contribution in [0, 0.1) is 5.82 Å². The van der Waals surface area contributed by atoms with Crippen molar-refractivity contribution in [3.63, 3.8) is 0 Å². The summed E-state index contributed by atoms with van der Waals surface area (Å²) in [6, 6.07) is 3.92. The van der Waals surface area contributed by atoms with Crippen LogP contribution in [-0.4, -0.2) is 28.4 Å². The van der Waals surface area contributed by atoms with E-state index in [1.54, 1.807) is 0 Å². The van der Waals surface area contributed by atoms with Gasteiger partial charge in [-0.1, -0.05) is 27.5 Å². The molecular weight excluding hydrogens is 481 g/mol. The Bertz CT molecular complexity index is 892. The number of benzene rings is 1. The lowest BCUT2D eigenvalue weighted by Gasteiger charge is -2.20. The molecule has 0 aliphatic rings. The Kier molecular flexibility index (Phi) is 7.37. The molecule has 6 nitrogen and oxygen atoms in total. The topological polar surface area (TPSA) is 88.8 Å². The zero-order valence-corrected chi connectivity index (χ0v) is 19.1. The minimum atomic E-state index is -2.71. The summed E-state index contributed by atoms with van der Waals surface area (Å²) in [7, 11) is -4.86. The monoisotopic (exact) mass is 499 g/mol. The third-order valence-corrected chi connectivity index (χ3v) is 5.78. The van der Waals surface area contributed by atoms with Gasteiger partial charge < -0.3 is 13.9 Å². The van der Waals surface area contributed by atoms with Crippen LogP contribution in [0.15, 0.2) is 22.6 Å². The average molecular weight is 501 g/mol. The summed E-state index contributed by atoms with van der Waals surface area (Å²) in [6.07, 6.45) is 0.329. The molecule has 0 fully saturated rings. The highest BCUT2D eigenvalue weighted by Crippen LogP contribution is 2.49. The molecule has 0 aliphatic heterocycles. The van der Waals surface area contributed by atoms with Crippen molar-refractivity contribution in [1.82, 2.24) is 4.72 Å². The third-order valence-electron chi connectivity index (χ3n) is 3.37. The molecule has 1 aromatic carbocycles. The van der Waals surface area contributed by atoms with Crippen molar-refractivity contribution >= 4 is 46.7 Å². The van der Waals surface area contributed by atoms with Gasteiger partial charge in [-0.2, -0.15) is 0 Å². The lowest BCUT2D eigenvalue weighted by Crippen LogP contribution is -2.29. The fourth-order valence-electron chi connectivity index (χ4n) is 2.30. The molecule has 0 amide bonds. The van der Waals surface area contributed by atoms with Crippen LogP contribution in [0.2, 0.25) is 24.7 Å². The molecule has 0 aliphatic carbocycles. The van der Waals surface area contributed by atoms with Gasteiger partial charge in [0.1, 0.15) is 5.82 Å². The van der Waals surface area contributed by atoms with E-state index >= 15 is 0 Å². The first kappa shape index (κ1) is 22.2. The summed E-state index contributed by atoms with van der Waals surface area (Å²) in [6.45, 7) is 5.94. The highest BCUT2D eigenvalue weighted by Gasteiger charge is 2.31. The molecule has 150 valence electrons. The van der Waals surface area contributed by atoms with Gasteiger partial charge in [-0.05, 0) is 44.3 Å². The Hall–Kier alpha value is -1.07. The smallest absolute Gasteiger partial charge is 0.242 e. The van der Waals surface area contributed by atoms with Gasteiger partial charge in [0.2, 0.25) is 25.0 Å². The Morgan fingerprint density at radius 2 is 2.07 bits per heavy atom. The molecule has 0 saturated carbocycles. The second kappa shape index (κ2) is 8.95. The molecule has 2 rings (SSSR count). The van der Waals surface area contributed by atoms with Gasteiger partial charge in [0.05, 0.1) is 10.4 Å². The minimum Gasteiger partial charge on any atom is -0.539 e. The fraction of sp³-hybridized carbons (Fsp3) is 0.375. The van der Waals surface area contributed by atoms with Crippen molar-refractivity contribution < 1.29 is 26.8 Å². The summed E-state index contributed by atoms with van der Waals surface area (Å²) in [4.78, 5) is -0.465.